The fraction of sp³-hybridized carbons (Fsp3) is 0.550. The summed E-state index contributed by atoms with van der Waals surface area (Å²) in [6, 6.07) is 4.06. The van der Waals surface area contributed by atoms with E-state index in [4.69, 9.17) is 4.74 Å². The molecule has 3 unspecified atom stereocenters. The van der Waals surface area contributed by atoms with Gasteiger partial charge in [-0.2, -0.15) is 0 Å². The maximum absolute atomic E-state index is 11.9. The summed E-state index contributed by atoms with van der Waals surface area (Å²) in [5, 5.41) is 21.5. The van der Waals surface area contributed by atoms with Crippen molar-refractivity contribution in [3.63, 3.8) is 0 Å². The van der Waals surface area contributed by atoms with Crippen molar-refractivity contribution in [3.8, 4) is 5.75 Å². The van der Waals surface area contributed by atoms with Gasteiger partial charge in [0.1, 0.15) is 12.4 Å². The van der Waals surface area contributed by atoms with Crippen LogP contribution < -0.4 is 0 Å². The molecule has 0 fully saturated rings. The Morgan fingerprint density at radius 2 is 2.08 bits per heavy atom. The predicted molar refractivity (Wildman–Crippen MR) is 89.8 cm³/mol. The van der Waals surface area contributed by atoms with Gasteiger partial charge in [-0.1, -0.05) is 32.9 Å². The van der Waals surface area contributed by atoms with E-state index in [1.165, 1.54) is 0 Å². The minimum Gasteiger partial charge on any atom is -0.507 e. The van der Waals surface area contributed by atoms with Crippen molar-refractivity contribution in [2.75, 3.05) is 6.61 Å². The molecule has 1 aliphatic heterocycles. The second-order valence-corrected chi connectivity index (χ2v) is 7.92. The number of esters is 1. The minimum absolute atomic E-state index is 0.0968. The van der Waals surface area contributed by atoms with E-state index in [-0.39, 0.29) is 29.0 Å². The van der Waals surface area contributed by atoms with Gasteiger partial charge in [0.05, 0.1) is 6.10 Å². The van der Waals surface area contributed by atoms with Crippen molar-refractivity contribution < 1.29 is 19.7 Å². The summed E-state index contributed by atoms with van der Waals surface area (Å²) in [5.41, 5.74) is 4.30. The number of cyclic esters (lactones) is 1. The molecule has 0 saturated carbocycles. The quantitative estimate of drug-likeness (QED) is 0.775. The van der Waals surface area contributed by atoms with Gasteiger partial charge in [-0.25, -0.2) is 4.79 Å². The highest BCUT2D eigenvalue weighted by Crippen LogP contribution is 2.57. The Balaban J connectivity index is 1.88. The fourth-order valence-corrected chi connectivity index (χ4v) is 4.96. The molecule has 0 saturated heterocycles. The molecule has 128 valence electrons. The van der Waals surface area contributed by atoms with Crippen LogP contribution in [0.5, 0.6) is 5.75 Å². The molecule has 1 aromatic rings. The Bertz CT molecular complexity index is 761. The number of ether oxygens (including phenoxy) is 1. The first kappa shape index (κ1) is 15.7. The lowest BCUT2D eigenvalue weighted by atomic mass is 9.56. The summed E-state index contributed by atoms with van der Waals surface area (Å²) < 4.78 is 5.25. The second-order valence-electron chi connectivity index (χ2n) is 7.92. The van der Waals surface area contributed by atoms with Crippen LogP contribution in [-0.2, 0) is 14.9 Å². The summed E-state index contributed by atoms with van der Waals surface area (Å²) in [6.07, 6.45) is 1.38. The van der Waals surface area contributed by atoms with Gasteiger partial charge in [-0.05, 0) is 47.8 Å². The van der Waals surface area contributed by atoms with Gasteiger partial charge < -0.3 is 14.9 Å². The third kappa shape index (κ3) is 1.92. The Morgan fingerprint density at radius 3 is 2.79 bits per heavy atom. The first-order chi connectivity index (χ1) is 11.3. The molecule has 3 aliphatic rings. The second kappa shape index (κ2) is 5.09. The summed E-state index contributed by atoms with van der Waals surface area (Å²) in [7, 11) is 0. The van der Waals surface area contributed by atoms with Gasteiger partial charge in [-0.3, -0.25) is 0 Å². The molecule has 0 amide bonds. The highest BCUT2D eigenvalue weighted by Gasteiger charge is 2.51. The summed E-state index contributed by atoms with van der Waals surface area (Å²) in [6.45, 7) is 6.64. The Labute approximate surface area is 142 Å². The third-order valence-electron chi connectivity index (χ3n) is 6.35. The van der Waals surface area contributed by atoms with Crippen LogP contribution in [0.3, 0.4) is 0 Å². The SMILES string of the molecule is CC(C)c1ccc2c(c1O)C(O)CC1C3=C(CCC21C)C(=O)OC3. The number of fused-ring (bicyclic) bond motifs is 4. The Hall–Kier alpha value is -1.81. The highest BCUT2D eigenvalue weighted by atomic mass is 16.5. The molecule has 4 rings (SSSR count). The number of rotatable bonds is 1. The number of aliphatic hydroxyl groups is 1. The standard InChI is InChI=1S/C20H24O4/c1-10(2)11-4-5-14-17(18(11)22)16(21)8-15-13-9-24-19(23)12(13)6-7-20(14,15)3/h4-5,10,15-16,21-22H,6-9H2,1-3H3. The third-order valence-corrected chi connectivity index (χ3v) is 6.35. The first-order valence-electron chi connectivity index (χ1n) is 8.78. The molecule has 0 spiro atoms. The number of phenols is 1. The maximum atomic E-state index is 11.9. The van der Waals surface area contributed by atoms with Crippen molar-refractivity contribution >= 4 is 5.97 Å². The van der Waals surface area contributed by atoms with E-state index in [2.05, 4.69) is 13.0 Å². The molecule has 2 aliphatic carbocycles. The lowest BCUT2D eigenvalue weighted by Crippen LogP contribution is -2.42. The number of hydrogen-bond acceptors (Lipinski definition) is 4. The van der Waals surface area contributed by atoms with Crippen molar-refractivity contribution in [1.82, 2.24) is 0 Å². The normalized spacial score (nSPS) is 31.6. The summed E-state index contributed by atoms with van der Waals surface area (Å²) >= 11 is 0. The molecular weight excluding hydrogens is 304 g/mol. The van der Waals surface area contributed by atoms with E-state index in [9.17, 15) is 15.0 Å². The van der Waals surface area contributed by atoms with Gasteiger partial charge in [0.15, 0.2) is 0 Å². The first-order valence-corrected chi connectivity index (χ1v) is 8.78. The topological polar surface area (TPSA) is 66.8 Å². The van der Waals surface area contributed by atoms with Crippen LogP contribution in [0, 0.1) is 5.92 Å². The number of hydrogen-bond donors (Lipinski definition) is 2. The zero-order valence-corrected chi connectivity index (χ0v) is 14.4. The van der Waals surface area contributed by atoms with Gasteiger partial charge >= 0.3 is 5.97 Å². The predicted octanol–water partition coefficient (Wildman–Crippen LogP) is 3.47. The van der Waals surface area contributed by atoms with E-state index >= 15 is 0 Å². The number of aliphatic hydroxyl groups excluding tert-OH is 1. The Morgan fingerprint density at radius 1 is 1.33 bits per heavy atom. The number of carbonyl (C=O) groups excluding carboxylic acids is 1. The number of benzene rings is 1. The van der Waals surface area contributed by atoms with Gasteiger partial charge in [0.25, 0.3) is 0 Å². The molecule has 1 aromatic carbocycles. The van der Waals surface area contributed by atoms with Gasteiger partial charge in [-0.15, -0.1) is 0 Å². The zero-order chi connectivity index (χ0) is 17.2. The zero-order valence-electron chi connectivity index (χ0n) is 14.4. The molecule has 2 N–H and O–H groups in total. The number of phenolic OH excluding ortho intramolecular Hbond substituents is 1. The van der Waals surface area contributed by atoms with E-state index in [0.717, 1.165) is 28.7 Å². The number of aromatic hydroxyl groups is 1. The summed E-state index contributed by atoms with van der Waals surface area (Å²) in [5.74, 6) is 0.354. The van der Waals surface area contributed by atoms with Crippen LogP contribution in [0.15, 0.2) is 23.3 Å². The van der Waals surface area contributed by atoms with Crippen molar-refractivity contribution in [2.24, 2.45) is 5.92 Å². The van der Waals surface area contributed by atoms with Gasteiger partial charge in [0, 0.05) is 16.6 Å². The van der Waals surface area contributed by atoms with Crippen LogP contribution in [-0.4, -0.2) is 22.8 Å². The maximum Gasteiger partial charge on any atom is 0.334 e. The van der Waals surface area contributed by atoms with E-state index in [0.29, 0.717) is 25.0 Å². The van der Waals surface area contributed by atoms with Crippen molar-refractivity contribution in [1.29, 1.82) is 0 Å². The average Bonchev–Trinajstić information content (AvgIpc) is 2.90. The van der Waals surface area contributed by atoms with Crippen molar-refractivity contribution in [3.05, 3.63) is 40.0 Å². The molecule has 4 heteroatoms. The smallest absolute Gasteiger partial charge is 0.334 e. The minimum atomic E-state index is -0.709. The Kier molecular flexibility index (Phi) is 3.33. The molecule has 0 radical (unpaired) electrons. The van der Waals surface area contributed by atoms with Crippen molar-refractivity contribution in [2.45, 2.75) is 57.5 Å². The number of carbonyl (C=O) groups is 1. The molecule has 3 atom stereocenters. The molecule has 24 heavy (non-hydrogen) atoms. The average molecular weight is 328 g/mol. The monoisotopic (exact) mass is 328 g/mol. The highest BCUT2D eigenvalue weighted by molar-refractivity contribution is 5.92. The van der Waals surface area contributed by atoms with E-state index < -0.39 is 6.10 Å². The fourth-order valence-electron chi connectivity index (χ4n) is 4.96. The van der Waals surface area contributed by atoms with Crippen LogP contribution >= 0.6 is 0 Å². The molecule has 4 nitrogen and oxygen atoms in total. The lowest BCUT2D eigenvalue weighted by Gasteiger charge is -2.48. The van der Waals surface area contributed by atoms with E-state index in [1.807, 2.05) is 19.9 Å². The van der Waals surface area contributed by atoms with Crippen LogP contribution in [0.1, 0.15) is 68.7 Å². The van der Waals surface area contributed by atoms with Crippen LogP contribution in [0.25, 0.3) is 0 Å². The molecule has 0 aromatic heterocycles. The van der Waals surface area contributed by atoms with Crippen LogP contribution in [0.2, 0.25) is 0 Å². The molecule has 0 bridgehead atoms. The lowest BCUT2D eigenvalue weighted by molar-refractivity contribution is -0.136. The van der Waals surface area contributed by atoms with Gasteiger partial charge in [0.2, 0.25) is 0 Å². The summed E-state index contributed by atoms with van der Waals surface area (Å²) in [4.78, 5) is 11.9. The molecule has 1 heterocycles. The largest absolute Gasteiger partial charge is 0.507 e. The molecular formula is C20H24O4. The van der Waals surface area contributed by atoms with Crippen LogP contribution in [0.4, 0.5) is 0 Å². The van der Waals surface area contributed by atoms with E-state index in [1.54, 1.807) is 0 Å².